The van der Waals surface area contributed by atoms with Gasteiger partial charge in [-0.15, -0.1) is 0 Å². The van der Waals surface area contributed by atoms with Crippen LogP contribution in [0.15, 0.2) is 12.1 Å². The Morgan fingerprint density at radius 1 is 1.38 bits per heavy atom. The molecular formula is C16H21NO4. The summed E-state index contributed by atoms with van der Waals surface area (Å²) in [5, 5.41) is 29.4. The predicted octanol–water partition coefficient (Wildman–Crippen LogP) is 2.26. The van der Waals surface area contributed by atoms with Crippen molar-refractivity contribution in [2.45, 2.75) is 39.8 Å². The molecule has 0 bridgehead atoms. The minimum Gasteiger partial charge on any atom is -0.478 e. The third-order valence-electron chi connectivity index (χ3n) is 3.91. The van der Waals surface area contributed by atoms with E-state index in [1.54, 1.807) is 19.1 Å². The number of aryl methyl sites for hydroxylation is 1. The molecular weight excluding hydrogens is 270 g/mol. The molecule has 2 rings (SSSR count). The van der Waals surface area contributed by atoms with Gasteiger partial charge in [-0.1, -0.05) is 6.92 Å². The standard InChI is InChI=1S/C16H21NO4/c1-4-11-7-12(16(20)21)8-13-14(10(3)19)9(2)17(5-6-18)15(11)13/h7-8,10,18-19H,4-6H2,1-3H3,(H,20,21). The van der Waals surface area contributed by atoms with Gasteiger partial charge in [0.25, 0.3) is 0 Å². The molecule has 0 aliphatic carbocycles. The molecule has 1 aromatic heterocycles. The summed E-state index contributed by atoms with van der Waals surface area (Å²) < 4.78 is 1.96. The summed E-state index contributed by atoms with van der Waals surface area (Å²) in [5.41, 5.74) is 3.64. The molecule has 0 saturated heterocycles. The summed E-state index contributed by atoms with van der Waals surface area (Å²) in [5.74, 6) is -0.976. The number of aromatic carboxylic acids is 1. The van der Waals surface area contributed by atoms with Crippen molar-refractivity contribution in [3.63, 3.8) is 0 Å². The zero-order chi connectivity index (χ0) is 15.7. The summed E-state index contributed by atoms with van der Waals surface area (Å²) >= 11 is 0. The second-order valence-electron chi connectivity index (χ2n) is 5.24. The molecule has 0 aliphatic rings. The molecule has 1 heterocycles. The van der Waals surface area contributed by atoms with Crippen LogP contribution >= 0.6 is 0 Å². The van der Waals surface area contributed by atoms with E-state index in [-0.39, 0.29) is 12.2 Å². The highest BCUT2D eigenvalue weighted by Crippen LogP contribution is 2.34. The number of benzene rings is 1. The number of fused-ring (bicyclic) bond motifs is 1. The average Bonchev–Trinajstić information content (AvgIpc) is 2.71. The maximum atomic E-state index is 11.3. The molecule has 1 aromatic carbocycles. The highest BCUT2D eigenvalue weighted by molar-refractivity contribution is 5.97. The lowest BCUT2D eigenvalue weighted by Crippen LogP contribution is -2.06. The van der Waals surface area contributed by atoms with E-state index in [4.69, 9.17) is 0 Å². The quantitative estimate of drug-likeness (QED) is 0.789. The summed E-state index contributed by atoms with van der Waals surface area (Å²) in [7, 11) is 0. The van der Waals surface area contributed by atoms with Gasteiger partial charge < -0.3 is 19.9 Å². The van der Waals surface area contributed by atoms with E-state index in [0.717, 1.165) is 27.7 Å². The third kappa shape index (κ3) is 2.54. The molecule has 21 heavy (non-hydrogen) atoms. The van der Waals surface area contributed by atoms with Crippen molar-refractivity contribution in [1.29, 1.82) is 0 Å². The van der Waals surface area contributed by atoms with Gasteiger partial charge in [0.15, 0.2) is 0 Å². The number of carboxylic acids is 1. The van der Waals surface area contributed by atoms with Crippen LogP contribution in [-0.4, -0.2) is 32.5 Å². The van der Waals surface area contributed by atoms with Crippen molar-refractivity contribution in [2.75, 3.05) is 6.61 Å². The van der Waals surface area contributed by atoms with E-state index in [1.165, 1.54) is 0 Å². The maximum Gasteiger partial charge on any atom is 0.335 e. The SMILES string of the molecule is CCc1cc(C(=O)O)cc2c(C(C)O)c(C)n(CCO)c12. The highest BCUT2D eigenvalue weighted by atomic mass is 16.4. The van der Waals surface area contributed by atoms with Gasteiger partial charge >= 0.3 is 5.97 Å². The van der Waals surface area contributed by atoms with Gasteiger partial charge in [0.05, 0.1) is 23.8 Å². The van der Waals surface area contributed by atoms with Crippen LogP contribution in [0.5, 0.6) is 0 Å². The Morgan fingerprint density at radius 2 is 2.05 bits per heavy atom. The normalized spacial score (nSPS) is 12.8. The second-order valence-corrected chi connectivity index (χ2v) is 5.24. The molecule has 0 aliphatic heterocycles. The fourth-order valence-corrected chi connectivity index (χ4v) is 3.03. The Morgan fingerprint density at radius 3 is 2.52 bits per heavy atom. The fourth-order valence-electron chi connectivity index (χ4n) is 3.03. The number of aliphatic hydroxyl groups is 2. The Kier molecular flexibility index (Phi) is 4.34. The number of aromatic nitrogens is 1. The fraction of sp³-hybridized carbons (Fsp3) is 0.438. The van der Waals surface area contributed by atoms with Crippen molar-refractivity contribution in [1.82, 2.24) is 4.57 Å². The van der Waals surface area contributed by atoms with E-state index < -0.39 is 12.1 Å². The van der Waals surface area contributed by atoms with Gasteiger partial charge in [-0.05, 0) is 38.0 Å². The zero-order valence-corrected chi connectivity index (χ0v) is 12.6. The first-order valence-corrected chi connectivity index (χ1v) is 7.10. The number of hydrogen-bond acceptors (Lipinski definition) is 3. The number of nitrogens with zero attached hydrogens (tertiary/aromatic N) is 1. The molecule has 5 heteroatoms. The molecule has 0 saturated carbocycles. The first-order valence-electron chi connectivity index (χ1n) is 7.10. The molecule has 0 amide bonds. The molecule has 2 aromatic rings. The lowest BCUT2D eigenvalue weighted by atomic mass is 10.00. The number of aliphatic hydroxyl groups excluding tert-OH is 2. The number of rotatable bonds is 5. The smallest absolute Gasteiger partial charge is 0.335 e. The van der Waals surface area contributed by atoms with E-state index in [2.05, 4.69) is 0 Å². The minimum atomic E-state index is -0.976. The van der Waals surface area contributed by atoms with Gasteiger partial charge in [-0.25, -0.2) is 4.79 Å². The Balaban J connectivity index is 2.92. The van der Waals surface area contributed by atoms with Crippen LogP contribution in [0.1, 0.15) is 47.1 Å². The third-order valence-corrected chi connectivity index (χ3v) is 3.91. The second kappa shape index (κ2) is 5.87. The molecule has 114 valence electrons. The lowest BCUT2D eigenvalue weighted by molar-refractivity contribution is 0.0697. The van der Waals surface area contributed by atoms with Gasteiger partial charge in [-0.3, -0.25) is 0 Å². The molecule has 0 spiro atoms. The van der Waals surface area contributed by atoms with Crippen molar-refractivity contribution in [3.05, 3.63) is 34.5 Å². The van der Waals surface area contributed by atoms with Crippen molar-refractivity contribution in [2.24, 2.45) is 0 Å². The topological polar surface area (TPSA) is 82.7 Å². The van der Waals surface area contributed by atoms with Crippen LogP contribution in [0.2, 0.25) is 0 Å². The molecule has 0 radical (unpaired) electrons. The Hall–Kier alpha value is -1.85. The maximum absolute atomic E-state index is 11.3. The number of carbonyl (C=O) groups is 1. The van der Waals surface area contributed by atoms with Crippen molar-refractivity contribution < 1.29 is 20.1 Å². The zero-order valence-electron chi connectivity index (χ0n) is 12.6. The van der Waals surface area contributed by atoms with E-state index in [0.29, 0.717) is 13.0 Å². The van der Waals surface area contributed by atoms with Crippen LogP contribution in [0.3, 0.4) is 0 Å². The summed E-state index contributed by atoms with van der Waals surface area (Å²) in [6.45, 7) is 5.94. The number of carboxylic acid groups (broad SMARTS) is 1. The molecule has 1 atom stereocenters. The summed E-state index contributed by atoms with van der Waals surface area (Å²) in [6, 6.07) is 3.28. The van der Waals surface area contributed by atoms with Gasteiger partial charge in [-0.2, -0.15) is 0 Å². The average molecular weight is 291 g/mol. The Bertz CT molecular complexity index is 685. The van der Waals surface area contributed by atoms with Gasteiger partial charge in [0.1, 0.15) is 0 Å². The van der Waals surface area contributed by atoms with Crippen LogP contribution in [-0.2, 0) is 13.0 Å². The van der Waals surface area contributed by atoms with E-state index in [9.17, 15) is 20.1 Å². The van der Waals surface area contributed by atoms with Gasteiger partial charge in [0, 0.05) is 23.2 Å². The van der Waals surface area contributed by atoms with Crippen LogP contribution < -0.4 is 0 Å². The van der Waals surface area contributed by atoms with E-state index in [1.807, 2.05) is 18.4 Å². The minimum absolute atomic E-state index is 0.00624. The molecule has 5 nitrogen and oxygen atoms in total. The van der Waals surface area contributed by atoms with Crippen LogP contribution in [0.25, 0.3) is 10.9 Å². The largest absolute Gasteiger partial charge is 0.478 e. The van der Waals surface area contributed by atoms with Crippen molar-refractivity contribution in [3.8, 4) is 0 Å². The monoisotopic (exact) mass is 291 g/mol. The first-order chi connectivity index (χ1) is 9.92. The van der Waals surface area contributed by atoms with Crippen LogP contribution in [0, 0.1) is 6.92 Å². The first kappa shape index (κ1) is 15.5. The summed E-state index contributed by atoms with van der Waals surface area (Å²) in [4.78, 5) is 11.3. The van der Waals surface area contributed by atoms with Gasteiger partial charge in [0.2, 0.25) is 0 Å². The predicted molar refractivity (Wildman–Crippen MR) is 80.7 cm³/mol. The number of hydrogen-bond donors (Lipinski definition) is 3. The Labute approximate surface area is 123 Å². The molecule has 0 fully saturated rings. The highest BCUT2D eigenvalue weighted by Gasteiger charge is 2.21. The van der Waals surface area contributed by atoms with E-state index >= 15 is 0 Å². The van der Waals surface area contributed by atoms with Crippen molar-refractivity contribution >= 4 is 16.9 Å². The molecule has 3 N–H and O–H groups in total. The summed E-state index contributed by atoms with van der Waals surface area (Å²) in [6.07, 6.45) is -0.00708. The van der Waals surface area contributed by atoms with Crippen LogP contribution in [0.4, 0.5) is 0 Å². The molecule has 1 unspecified atom stereocenters. The lowest BCUT2D eigenvalue weighted by Gasteiger charge is -2.10.